The van der Waals surface area contributed by atoms with Crippen molar-refractivity contribution in [3.63, 3.8) is 0 Å². The Morgan fingerprint density at radius 3 is 2.29 bits per heavy atom. The van der Waals surface area contributed by atoms with E-state index in [2.05, 4.69) is 0 Å². The van der Waals surface area contributed by atoms with Gasteiger partial charge in [0, 0.05) is 0 Å². The Bertz CT molecular complexity index is 272. The largest absolute Gasteiger partial charge is 0.479 e. The van der Waals surface area contributed by atoms with Crippen molar-refractivity contribution in [3.8, 4) is 12.3 Å². The van der Waals surface area contributed by atoms with Crippen LogP contribution >= 0.6 is 0 Å². The van der Waals surface area contributed by atoms with Crippen LogP contribution in [0.2, 0.25) is 0 Å². The molecule has 2 N–H and O–H groups in total. The SMILES string of the molecule is C#C[C@H](NC(=O)OC(C)(C)C)C(=O)O. The minimum atomic E-state index is -1.36. The molecule has 0 rings (SSSR count). The van der Waals surface area contributed by atoms with Crippen LogP contribution in [0.3, 0.4) is 0 Å². The Morgan fingerprint density at radius 1 is 1.50 bits per heavy atom. The lowest BCUT2D eigenvalue weighted by Gasteiger charge is -2.20. The molecule has 5 nitrogen and oxygen atoms in total. The van der Waals surface area contributed by atoms with Gasteiger partial charge in [0.15, 0.2) is 6.04 Å². The molecule has 1 amide bonds. The molecule has 1 atom stereocenters. The highest BCUT2D eigenvalue weighted by Gasteiger charge is 2.21. The first-order valence-corrected chi connectivity index (χ1v) is 3.94. The van der Waals surface area contributed by atoms with Gasteiger partial charge in [0.25, 0.3) is 0 Å². The van der Waals surface area contributed by atoms with Gasteiger partial charge in [-0.3, -0.25) is 5.32 Å². The summed E-state index contributed by atoms with van der Waals surface area (Å²) in [6.45, 7) is 4.99. The Hall–Kier alpha value is -1.70. The Kier molecular flexibility index (Phi) is 3.96. The van der Waals surface area contributed by atoms with Gasteiger partial charge in [-0.1, -0.05) is 5.92 Å². The molecule has 0 fully saturated rings. The van der Waals surface area contributed by atoms with E-state index in [-0.39, 0.29) is 0 Å². The summed E-state index contributed by atoms with van der Waals surface area (Å²) in [5.41, 5.74) is -0.679. The highest BCUT2D eigenvalue weighted by Crippen LogP contribution is 2.06. The van der Waals surface area contributed by atoms with Gasteiger partial charge in [0.05, 0.1) is 0 Å². The lowest BCUT2D eigenvalue weighted by Crippen LogP contribution is -2.42. The highest BCUT2D eigenvalue weighted by molar-refractivity contribution is 5.82. The van der Waals surface area contributed by atoms with E-state index in [9.17, 15) is 9.59 Å². The van der Waals surface area contributed by atoms with Crippen LogP contribution in [0.15, 0.2) is 0 Å². The van der Waals surface area contributed by atoms with E-state index in [1.165, 1.54) is 0 Å². The number of carbonyl (C=O) groups is 2. The molecule has 14 heavy (non-hydrogen) atoms. The number of aliphatic carboxylic acids is 1. The zero-order valence-electron chi connectivity index (χ0n) is 8.33. The maximum atomic E-state index is 11.0. The molecule has 0 saturated heterocycles. The summed E-state index contributed by atoms with van der Waals surface area (Å²) < 4.78 is 4.81. The number of carbonyl (C=O) groups excluding carboxylic acids is 1. The molecule has 0 aromatic carbocycles. The van der Waals surface area contributed by atoms with Crippen LogP contribution in [-0.4, -0.2) is 28.8 Å². The molecule has 0 bridgehead atoms. The fourth-order valence-corrected chi connectivity index (χ4v) is 0.600. The van der Waals surface area contributed by atoms with Crippen LogP contribution in [-0.2, 0) is 9.53 Å². The quantitative estimate of drug-likeness (QED) is 0.638. The van der Waals surface area contributed by atoms with Crippen molar-refractivity contribution in [1.29, 1.82) is 0 Å². The molecule has 5 heteroatoms. The van der Waals surface area contributed by atoms with E-state index in [0.717, 1.165) is 0 Å². The Morgan fingerprint density at radius 2 is 2.00 bits per heavy atom. The van der Waals surface area contributed by atoms with Crippen LogP contribution in [0.4, 0.5) is 4.79 Å². The van der Waals surface area contributed by atoms with Crippen molar-refractivity contribution < 1.29 is 19.4 Å². The van der Waals surface area contributed by atoms with Gasteiger partial charge < -0.3 is 9.84 Å². The lowest BCUT2D eigenvalue weighted by atomic mass is 10.2. The molecule has 0 aliphatic heterocycles. The van der Waals surface area contributed by atoms with Gasteiger partial charge >= 0.3 is 12.1 Å². The van der Waals surface area contributed by atoms with Crippen molar-refractivity contribution in [1.82, 2.24) is 5.32 Å². The fourth-order valence-electron chi connectivity index (χ4n) is 0.600. The van der Waals surface area contributed by atoms with Crippen molar-refractivity contribution >= 4 is 12.1 Å². The third-order valence-electron chi connectivity index (χ3n) is 1.07. The lowest BCUT2D eigenvalue weighted by molar-refractivity contribution is -0.137. The van der Waals surface area contributed by atoms with Gasteiger partial charge in [-0.15, -0.1) is 6.42 Å². The summed E-state index contributed by atoms with van der Waals surface area (Å²) in [7, 11) is 0. The van der Waals surface area contributed by atoms with Crippen LogP contribution in [0.5, 0.6) is 0 Å². The normalized spacial score (nSPS) is 12.4. The smallest absolute Gasteiger partial charge is 0.409 e. The summed E-state index contributed by atoms with van der Waals surface area (Å²) in [5, 5.41) is 10.5. The van der Waals surface area contributed by atoms with Crippen LogP contribution in [0.1, 0.15) is 20.8 Å². The first-order valence-electron chi connectivity index (χ1n) is 3.94. The zero-order valence-corrected chi connectivity index (χ0v) is 8.33. The van der Waals surface area contributed by atoms with E-state index < -0.39 is 23.7 Å². The molecule has 0 radical (unpaired) electrons. The third kappa shape index (κ3) is 5.04. The average Bonchev–Trinajstić information content (AvgIpc) is 1.96. The van der Waals surface area contributed by atoms with Gasteiger partial charge in [0.1, 0.15) is 5.60 Å². The third-order valence-corrected chi connectivity index (χ3v) is 1.07. The molecular formula is C9H13NO4. The van der Waals surface area contributed by atoms with Crippen molar-refractivity contribution in [3.05, 3.63) is 0 Å². The van der Waals surface area contributed by atoms with Crippen molar-refractivity contribution in [2.45, 2.75) is 32.4 Å². The molecule has 0 aliphatic rings. The maximum Gasteiger partial charge on any atom is 0.409 e. The minimum absolute atomic E-state index is 0.679. The molecule has 0 aromatic heterocycles. The molecule has 0 aliphatic carbocycles. The summed E-state index contributed by atoms with van der Waals surface area (Å²) >= 11 is 0. The first kappa shape index (κ1) is 12.3. The predicted molar refractivity (Wildman–Crippen MR) is 49.6 cm³/mol. The number of carboxylic acid groups (broad SMARTS) is 1. The first-order chi connectivity index (χ1) is 6.26. The molecular weight excluding hydrogens is 186 g/mol. The standard InChI is InChI=1S/C9H13NO4/c1-5-6(7(11)12)10-8(13)14-9(2,3)4/h1,6H,2-4H3,(H,10,13)(H,11,12)/t6-/m0/s1. The average molecular weight is 199 g/mol. The van der Waals surface area contributed by atoms with E-state index in [1.54, 1.807) is 20.8 Å². The van der Waals surface area contributed by atoms with E-state index >= 15 is 0 Å². The van der Waals surface area contributed by atoms with E-state index in [4.69, 9.17) is 16.3 Å². The van der Waals surface area contributed by atoms with Crippen molar-refractivity contribution in [2.24, 2.45) is 0 Å². The Labute approximate surface area is 82.4 Å². The zero-order chi connectivity index (χ0) is 11.4. The van der Waals surface area contributed by atoms with Crippen molar-refractivity contribution in [2.75, 3.05) is 0 Å². The summed E-state index contributed by atoms with van der Waals surface area (Å²) in [4.78, 5) is 21.5. The molecule has 78 valence electrons. The topological polar surface area (TPSA) is 75.6 Å². The van der Waals surface area contributed by atoms with Gasteiger partial charge in [-0.25, -0.2) is 9.59 Å². The second-order valence-electron chi connectivity index (χ2n) is 3.58. The number of amides is 1. The predicted octanol–water partition coefficient (Wildman–Crippen LogP) is 0.597. The molecule has 0 unspecified atom stereocenters. The van der Waals surface area contributed by atoms with Gasteiger partial charge in [-0.05, 0) is 20.8 Å². The molecule has 0 heterocycles. The number of hydrogen-bond donors (Lipinski definition) is 2. The van der Waals surface area contributed by atoms with Crippen LogP contribution in [0, 0.1) is 12.3 Å². The maximum absolute atomic E-state index is 11.0. The Balaban J connectivity index is 4.20. The number of hydrogen-bond acceptors (Lipinski definition) is 3. The molecule has 0 spiro atoms. The van der Waals surface area contributed by atoms with E-state index in [0.29, 0.717) is 0 Å². The van der Waals surface area contributed by atoms with Crippen LogP contribution in [0.25, 0.3) is 0 Å². The summed E-state index contributed by atoms with van der Waals surface area (Å²) in [6, 6.07) is -1.36. The second kappa shape index (κ2) is 4.51. The highest BCUT2D eigenvalue weighted by atomic mass is 16.6. The van der Waals surface area contributed by atoms with Gasteiger partial charge in [-0.2, -0.15) is 0 Å². The molecule has 0 saturated carbocycles. The number of ether oxygens (including phenoxy) is 1. The second-order valence-corrected chi connectivity index (χ2v) is 3.58. The monoisotopic (exact) mass is 199 g/mol. The number of alkyl carbamates (subject to hydrolysis) is 1. The number of nitrogens with one attached hydrogen (secondary N) is 1. The number of carboxylic acids is 1. The summed E-state index contributed by atoms with van der Waals surface area (Å²) in [6.07, 6.45) is 4.04. The number of rotatable bonds is 2. The summed E-state index contributed by atoms with van der Waals surface area (Å²) in [5.74, 6) is 0.613. The van der Waals surface area contributed by atoms with E-state index in [1.807, 2.05) is 11.2 Å². The molecule has 0 aromatic rings. The number of terminal acetylenes is 1. The van der Waals surface area contributed by atoms with Gasteiger partial charge in [0.2, 0.25) is 0 Å². The minimum Gasteiger partial charge on any atom is -0.479 e. The fraction of sp³-hybridized carbons (Fsp3) is 0.556. The van der Waals surface area contributed by atoms with Crippen LogP contribution < -0.4 is 5.32 Å².